The second-order valence-electron chi connectivity index (χ2n) is 5.15. The van der Waals surface area contributed by atoms with Crippen LogP contribution in [0.25, 0.3) is 0 Å². The lowest BCUT2D eigenvalue weighted by Crippen LogP contribution is -2.21. The van der Waals surface area contributed by atoms with Gasteiger partial charge in [-0.25, -0.2) is 4.79 Å². The van der Waals surface area contributed by atoms with E-state index in [4.69, 9.17) is 4.74 Å². The van der Waals surface area contributed by atoms with Gasteiger partial charge in [0.2, 0.25) is 0 Å². The number of aryl methyl sites for hydroxylation is 2. The van der Waals surface area contributed by atoms with Crippen molar-refractivity contribution >= 4 is 17.7 Å². The molecule has 25 heavy (non-hydrogen) atoms. The van der Waals surface area contributed by atoms with Crippen LogP contribution in [0.1, 0.15) is 38.9 Å². The lowest BCUT2D eigenvalue weighted by Gasteiger charge is -2.13. The van der Waals surface area contributed by atoms with Gasteiger partial charge in [-0.1, -0.05) is 12.1 Å². The Morgan fingerprint density at radius 2 is 1.92 bits per heavy atom. The third-order valence-corrected chi connectivity index (χ3v) is 3.41. The molecule has 6 nitrogen and oxygen atoms in total. The average Bonchev–Trinajstić information content (AvgIpc) is 2.80. The predicted octanol–water partition coefficient (Wildman–Crippen LogP) is 3.18. The van der Waals surface area contributed by atoms with E-state index in [0.29, 0.717) is 5.69 Å². The number of anilines is 1. The Balaban J connectivity index is 2.42. The first-order valence-corrected chi connectivity index (χ1v) is 7.35. The van der Waals surface area contributed by atoms with E-state index in [1.54, 1.807) is 6.92 Å². The van der Waals surface area contributed by atoms with E-state index < -0.39 is 29.2 Å². The van der Waals surface area contributed by atoms with E-state index in [9.17, 15) is 22.8 Å². The normalized spacial score (nSPS) is 11.3. The number of benzene rings is 1. The standard InChI is InChI=1S/C16H16F3N3O3/c1-4-25-15(24)12-9(2)21-22(3)13(12)20-14(23)10-7-5-6-8-11(10)16(17,18)19/h5-8H,4H2,1-3H3,(H,20,23). The number of carbonyl (C=O) groups is 2. The fourth-order valence-corrected chi connectivity index (χ4v) is 2.35. The minimum atomic E-state index is -4.68. The van der Waals surface area contributed by atoms with Crippen molar-refractivity contribution in [2.24, 2.45) is 7.05 Å². The maximum atomic E-state index is 13.1. The van der Waals surface area contributed by atoms with Gasteiger partial charge in [0.1, 0.15) is 11.4 Å². The molecule has 0 aliphatic rings. The second-order valence-corrected chi connectivity index (χ2v) is 5.15. The van der Waals surface area contributed by atoms with Gasteiger partial charge in [0.05, 0.1) is 23.4 Å². The number of amides is 1. The summed E-state index contributed by atoms with van der Waals surface area (Å²) in [6, 6.07) is 4.39. The van der Waals surface area contributed by atoms with Crippen LogP contribution < -0.4 is 5.32 Å². The van der Waals surface area contributed by atoms with Gasteiger partial charge in [0, 0.05) is 7.05 Å². The van der Waals surface area contributed by atoms with Gasteiger partial charge in [0.25, 0.3) is 5.91 Å². The van der Waals surface area contributed by atoms with E-state index in [2.05, 4.69) is 10.4 Å². The van der Waals surface area contributed by atoms with Gasteiger partial charge in [-0.3, -0.25) is 9.48 Å². The number of ether oxygens (including phenoxy) is 1. The lowest BCUT2D eigenvalue weighted by atomic mass is 10.1. The first kappa shape index (κ1) is 18.5. The Morgan fingerprint density at radius 1 is 1.28 bits per heavy atom. The molecule has 134 valence electrons. The molecule has 0 unspecified atom stereocenters. The molecule has 1 N–H and O–H groups in total. The first-order chi connectivity index (χ1) is 11.7. The van der Waals surface area contributed by atoms with Gasteiger partial charge in [-0.05, 0) is 26.0 Å². The van der Waals surface area contributed by atoms with Crippen molar-refractivity contribution < 1.29 is 27.5 Å². The summed E-state index contributed by atoms with van der Waals surface area (Å²) in [6.45, 7) is 3.25. The van der Waals surface area contributed by atoms with E-state index in [-0.39, 0.29) is 18.0 Å². The molecule has 1 aromatic heterocycles. The van der Waals surface area contributed by atoms with Crippen molar-refractivity contribution in [2.75, 3.05) is 11.9 Å². The lowest BCUT2D eigenvalue weighted by molar-refractivity contribution is -0.137. The predicted molar refractivity (Wildman–Crippen MR) is 83.3 cm³/mol. The molecule has 0 saturated heterocycles. The van der Waals surface area contributed by atoms with Crippen molar-refractivity contribution in [3.8, 4) is 0 Å². The molecule has 0 fully saturated rings. The highest BCUT2D eigenvalue weighted by Crippen LogP contribution is 2.32. The van der Waals surface area contributed by atoms with Crippen molar-refractivity contribution in [3.05, 3.63) is 46.6 Å². The van der Waals surface area contributed by atoms with Crippen LogP contribution in [0, 0.1) is 6.92 Å². The third-order valence-electron chi connectivity index (χ3n) is 3.41. The summed E-state index contributed by atoms with van der Waals surface area (Å²) in [7, 11) is 1.46. The molecule has 1 aromatic carbocycles. The smallest absolute Gasteiger partial charge is 0.417 e. The van der Waals surface area contributed by atoms with Crippen molar-refractivity contribution in [3.63, 3.8) is 0 Å². The summed E-state index contributed by atoms with van der Waals surface area (Å²) in [5.74, 6) is -1.74. The third kappa shape index (κ3) is 3.81. The molecule has 0 aliphatic heterocycles. The molecular weight excluding hydrogens is 339 g/mol. The molecule has 0 atom stereocenters. The summed E-state index contributed by atoms with van der Waals surface area (Å²) >= 11 is 0. The molecule has 9 heteroatoms. The fourth-order valence-electron chi connectivity index (χ4n) is 2.35. The van der Waals surface area contributed by atoms with Crippen molar-refractivity contribution in [1.29, 1.82) is 0 Å². The molecular formula is C16H16F3N3O3. The molecule has 1 heterocycles. The van der Waals surface area contributed by atoms with Crippen molar-refractivity contribution in [1.82, 2.24) is 9.78 Å². The maximum absolute atomic E-state index is 13.1. The number of esters is 1. The van der Waals surface area contributed by atoms with Gasteiger partial charge < -0.3 is 10.1 Å². The number of alkyl halides is 3. The molecule has 0 spiro atoms. The molecule has 0 radical (unpaired) electrons. The summed E-state index contributed by atoms with van der Waals surface area (Å²) < 4.78 is 45.3. The summed E-state index contributed by atoms with van der Waals surface area (Å²) in [5.41, 5.74) is -1.32. The van der Waals surface area contributed by atoms with Crippen LogP contribution >= 0.6 is 0 Å². The zero-order valence-corrected chi connectivity index (χ0v) is 13.8. The molecule has 0 aliphatic carbocycles. The SMILES string of the molecule is CCOC(=O)c1c(C)nn(C)c1NC(=O)c1ccccc1C(F)(F)F. The van der Waals surface area contributed by atoms with Gasteiger partial charge >= 0.3 is 12.1 Å². The quantitative estimate of drug-likeness (QED) is 0.855. The number of halogens is 3. The van der Waals surface area contributed by atoms with E-state index in [0.717, 1.165) is 12.1 Å². The van der Waals surface area contributed by atoms with Gasteiger partial charge in [-0.15, -0.1) is 0 Å². The monoisotopic (exact) mass is 355 g/mol. The summed E-state index contributed by atoms with van der Waals surface area (Å²) in [5, 5.41) is 6.34. The van der Waals surface area contributed by atoms with Crippen molar-refractivity contribution in [2.45, 2.75) is 20.0 Å². The Labute approximate surface area is 141 Å². The van der Waals surface area contributed by atoms with E-state index in [1.165, 1.54) is 30.8 Å². The fraction of sp³-hybridized carbons (Fsp3) is 0.312. The summed E-state index contributed by atoms with van der Waals surface area (Å²) in [4.78, 5) is 24.4. The summed E-state index contributed by atoms with van der Waals surface area (Å²) in [6.07, 6.45) is -4.68. The number of hydrogen-bond acceptors (Lipinski definition) is 4. The minimum absolute atomic E-state index is 0.00203. The number of hydrogen-bond donors (Lipinski definition) is 1. The van der Waals surface area contributed by atoms with E-state index in [1.807, 2.05) is 0 Å². The Bertz CT molecular complexity index is 813. The van der Waals surface area contributed by atoms with Crippen LogP contribution in [0.3, 0.4) is 0 Å². The second kappa shape index (κ2) is 6.96. The molecule has 0 saturated carbocycles. The maximum Gasteiger partial charge on any atom is 0.417 e. The van der Waals surface area contributed by atoms with Crippen LogP contribution in [-0.4, -0.2) is 28.3 Å². The largest absolute Gasteiger partial charge is 0.462 e. The molecule has 1 amide bonds. The number of nitrogens with one attached hydrogen (secondary N) is 1. The van der Waals surface area contributed by atoms with Crippen LogP contribution in [-0.2, 0) is 18.0 Å². The van der Waals surface area contributed by atoms with Crippen LogP contribution in [0.2, 0.25) is 0 Å². The Hall–Kier alpha value is -2.84. The topological polar surface area (TPSA) is 73.2 Å². The molecule has 2 rings (SSSR count). The first-order valence-electron chi connectivity index (χ1n) is 7.35. The number of rotatable bonds is 4. The zero-order valence-electron chi connectivity index (χ0n) is 13.8. The van der Waals surface area contributed by atoms with Gasteiger partial charge in [-0.2, -0.15) is 18.3 Å². The number of carbonyl (C=O) groups excluding carboxylic acids is 2. The number of aromatic nitrogens is 2. The van der Waals surface area contributed by atoms with Crippen LogP contribution in [0.15, 0.2) is 24.3 Å². The molecule has 2 aromatic rings. The molecule has 0 bridgehead atoms. The Morgan fingerprint density at radius 3 is 2.52 bits per heavy atom. The number of nitrogens with zero attached hydrogens (tertiary/aromatic N) is 2. The minimum Gasteiger partial charge on any atom is -0.462 e. The van der Waals surface area contributed by atoms with Crippen LogP contribution in [0.5, 0.6) is 0 Å². The Kier molecular flexibility index (Phi) is 5.15. The highest BCUT2D eigenvalue weighted by molar-refractivity contribution is 6.08. The van der Waals surface area contributed by atoms with Gasteiger partial charge in [0.15, 0.2) is 0 Å². The highest BCUT2D eigenvalue weighted by atomic mass is 19.4. The average molecular weight is 355 g/mol. The highest BCUT2D eigenvalue weighted by Gasteiger charge is 2.35. The zero-order chi connectivity index (χ0) is 18.8. The van der Waals surface area contributed by atoms with Crippen LogP contribution in [0.4, 0.5) is 19.0 Å². The van der Waals surface area contributed by atoms with E-state index >= 15 is 0 Å².